The van der Waals surface area contributed by atoms with Crippen LogP contribution in [0.25, 0.3) is 0 Å². The highest BCUT2D eigenvalue weighted by atomic mass is 35.5. The monoisotopic (exact) mass is 140 g/mol. The minimum atomic E-state index is 0.701. The van der Waals surface area contributed by atoms with Crippen molar-refractivity contribution in [2.24, 2.45) is 16.7 Å². The molecule has 48 valence electrons. The highest BCUT2D eigenvalue weighted by Gasteiger charge is 2.86. The van der Waals surface area contributed by atoms with Crippen LogP contribution in [0.1, 0.15) is 25.7 Å². The van der Waals surface area contributed by atoms with E-state index in [9.17, 15) is 0 Å². The Morgan fingerprint density at radius 3 is 1.67 bits per heavy atom. The molecule has 0 saturated heterocycles. The number of hydrogen-bond donors (Lipinski definition) is 0. The Hall–Kier alpha value is 0.290. The van der Waals surface area contributed by atoms with Gasteiger partial charge in [-0.25, -0.2) is 0 Å². The molecule has 1 heteroatoms. The van der Waals surface area contributed by atoms with E-state index in [1.165, 1.54) is 25.7 Å². The van der Waals surface area contributed by atoms with Crippen LogP contribution in [0.4, 0.5) is 0 Å². The molecular weight excluding hydrogens is 132 g/mol. The predicted octanol–water partition coefficient (Wildman–Crippen LogP) is 2.45. The molecule has 3 saturated carbocycles. The maximum atomic E-state index is 5.60. The summed E-state index contributed by atoms with van der Waals surface area (Å²) in [4.78, 5) is 0. The highest BCUT2D eigenvalue weighted by molar-refractivity contribution is 6.23. The summed E-state index contributed by atoms with van der Waals surface area (Å²) in [5.74, 6) is 3.62. The standard InChI is InChI=1S/C8H9Cl/c9-5-6-7(1-2-7)8(6)3-4-8/h6H,1-4H2. The van der Waals surface area contributed by atoms with E-state index >= 15 is 0 Å². The van der Waals surface area contributed by atoms with Crippen LogP contribution < -0.4 is 0 Å². The van der Waals surface area contributed by atoms with Crippen molar-refractivity contribution in [1.82, 2.24) is 0 Å². The largest absolute Gasteiger partial charge is 0.115 e. The van der Waals surface area contributed by atoms with E-state index in [-0.39, 0.29) is 0 Å². The Bertz CT molecular complexity index is 147. The molecule has 0 heterocycles. The lowest BCUT2D eigenvalue weighted by atomic mass is 10.3. The first-order valence-electron chi connectivity index (χ1n) is 3.72. The van der Waals surface area contributed by atoms with Gasteiger partial charge in [0.05, 0.1) is 5.88 Å². The van der Waals surface area contributed by atoms with Gasteiger partial charge < -0.3 is 0 Å². The molecule has 0 amide bonds. The number of fused-ring (bicyclic) bond motifs is 1. The van der Waals surface area contributed by atoms with E-state index in [0.29, 0.717) is 5.92 Å². The summed E-state index contributed by atoms with van der Waals surface area (Å²) >= 11 is 5.60. The van der Waals surface area contributed by atoms with Gasteiger partial charge in [-0.05, 0) is 42.4 Å². The van der Waals surface area contributed by atoms with Crippen LogP contribution in [0.2, 0.25) is 0 Å². The molecule has 3 aliphatic carbocycles. The second kappa shape index (κ2) is 1.07. The van der Waals surface area contributed by atoms with Crippen molar-refractivity contribution in [3.63, 3.8) is 0 Å². The Labute approximate surface area is 60.6 Å². The van der Waals surface area contributed by atoms with E-state index in [0.717, 1.165) is 10.8 Å². The summed E-state index contributed by atoms with van der Waals surface area (Å²) < 4.78 is 0. The smallest absolute Gasteiger partial charge is 0.0909 e. The molecule has 3 fully saturated rings. The summed E-state index contributed by atoms with van der Waals surface area (Å²) in [5, 5.41) is 0. The average Bonchev–Trinajstić information content (AvgIpc) is 2.56. The van der Waals surface area contributed by atoms with Crippen LogP contribution in [-0.2, 0) is 0 Å². The predicted molar refractivity (Wildman–Crippen MR) is 35.9 cm³/mol. The van der Waals surface area contributed by atoms with Crippen LogP contribution in [0.5, 0.6) is 0 Å². The number of hydrogen-bond acceptors (Lipinski definition) is 0. The summed E-state index contributed by atoms with van der Waals surface area (Å²) in [6.45, 7) is 0. The molecule has 0 atom stereocenters. The fraction of sp³-hybridized carbons (Fsp3) is 0.875. The van der Waals surface area contributed by atoms with E-state index in [2.05, 4.69) is 5.88 Å². The van der Waals surface area contributed by atoms with Gasteiger partial charge >= 0.3 is 0 Å². The topological polar surface area (TPSA) is 0 Å². The minimum absolute atomic E-state index is 0.701. The third-order valence-corrected chi connectivity index (χ3v) is 3.92. The molecule has 0 aromatic rings. The molecule has 0 N–H and O–H groups in total. The van der Waals surface area contributed by atoms with Gasteiger partial charge in [-0.1, -0.05) is 0 Å². The fourth-order valence-corrected chi connectivity index (χ4v) is 3.21. The van der Waals surface area contributed by atoms with Gasteiger partial charge in [0.2, 0.25) is 0 Å². The van der Waals surface area contributed by atoms with Gasteiger partial charge in [-0.15, -0.1) is 11.6 Å². The number of rotatable bonds is 1. The third kappa shape index (κ3) is 0.335. The maximum absolute atomic E-state index is 5.60. The zero-order valence-electron chi connectivity index (χ0n) is 5.28. The van der Waals surface area contributed by atoms with Crippen molar-refractivity contribution in [3.8, 4) is 0 Å². The first kappa shape index (κ1) is 5.01. The second-order valence-electron chi connectivity index (χ2n) is 3.85. The normalized spacial score (nSPS) is 45.7. The van der Waals surface area contributed by atoms with E-state index in [1.807, 2.05) is 0 Å². The van der Waals surface area contributed by atoms with Crippen molar-refractivity contribution >= 4 is 11.6 Å². The maximum Gasteiger partial charge on any atom is 0.0909 e. The van der Waals surface area contributed by atoms with Crippen LogP contribution in [0.3, 0.4) is 0 Å². The molecular formula is C8H9Cl. The van der Waals surface area contributed by atoms with Gasteiger partial charge in [0, 0.05) is 0 Å². The third-order valence-electron chi connectivity index (χ3n) is 3.70. The Morgan fingerprint density at radius 2 is 1.56 bits per heavy atom. The molecule has 3 aliphatic rings. The molecule has 0 aromatic carbocycles. The summed E-state index contributed by atoms with van der Waals surface area (Å²) in [6, 6.07) is 0. The van der Waals surface area contributed by atoms with Crippen molar-refractivity contribution in [2.45, 2.75) is 25.7 Å². The average molecular weight is 141 g/mol. The van der Waals surface area contributed by atoms with E-state index in [4.69, 9.17) is 11.6 Å². The molecule has 0 aliphatic heterocycles. The SMILES string of the molecule is Cl[C]C1C2(CC2)C12CC2. The Balaban J connectivity index is 1.93. The van der Waals surface area contributed by atoms with Crippen molar-refractivity contribution < 1.29 is 0 Å². The molecule has 9 heavy (non-hydrogen) atoms. The fourth-order valence-electron chi connectivity index (χ4n) is 2.79. The Kier molecular flexibility index (Phi) is 0.596. The van der Waals surface area contributed by atoms with Crippen molar-refractivity contribution in [1.29, 1.82) is 0 Å². The lowest BCUT2D eigenvalue weighted by Crippen LogP contribution is -1.71. The van der Waals surface area contributed by atoms with Crippen molar-refractivity contribution in [2.75, 3.05) is 0 Å². The van der Waals surface area contributed by atoms with Crippen LogP contribution in [0.15, 0.2) is 0 Å². The van der Waals surface area contributed by atoms with Crippen LogP contribution in [-0.4, -0.2) is 0 Å². The highest BCUT2D eigenvalue weighted by Crippen LogP contribution is 2.93. The molecule has 0 unspecified atom stereocenters. The van der Waals surface area contributed by atoms with Crippen LogP contribution >= 0.6 is 11.6 Å². The van der Waals surface area contributed by atoms with Crippen molar-refractivity contribution in [3.05, 3.63) is 5.88 Å². The second-order valence-corrected chi connectivity index (χ2v) is 4.07. The molecule has 2 radical (unpaired) electrons. The minimum Gasteiger partial charge on any atom is -0.115 e. The van der Waals surface area contributed by atoms with Gasteiger partial charge in [0.25, 0.3) is 0 Å². The summed E-state index contributed by atoms with van der Waals surface area (Å²) in [5.41, 5.74) is 1.46. The van der Waals surface area contributed by atoms with E-state index in [1.54, 1.807) is 0 Å². The zero-order valence-corrected chi connectivity index (χ0v) is 6.04. The van der Waals surface area contributed by atoms with Crippen LogP contribution in [0, 0.1) is 22.6 Å². The first-order valence-corrected chi connectivity index (χ1v) is 4.10. The molecule has 2 spiro atoms. The summed E-state index contributed by atoms with van der Waals surface area (Å²) in [6.07, 6.45) is 5.77. The lowest BCUT2D eigenvalue weighted by Gasteiger charge is -1.78. The van der Waals surface area contributed by atoms with Gasteiger partial charge in [0.15, 0.2) is 0 Å². The quantitative estimate of drug-likeness (QED) is 0.525. The molecule has 0 aromatic heterocycles. The van der Waals surface area contributed by atoms with Gasteiger partial charge in [-0.2, -0.15) is 0 Å². The zero-order chi connectivity index (χ0) is 6.11. The van der Waals surface area contributed by atoms with Gasteiger partial charge in [0.1, 0.15) is 0 Å². The van der Waals surface area contributed by atoms with Gasteiger partial charge in [-0.3, -0.25) is 0 Å². The molecule has 0 nitrogen and oxygen atoms in total. The Morgan fingerprint density at radius 1 is 1.11 bits per heavy atom. The lowest BCUT2D eigenvalue weighted by molar-refractivity contribution is 0.716. The van der Waals surface area contributed by atoms with E-state index < -0.39 is 0 Å². The number of halogens is 1. The summed E-state index contributed by atoms with van der Waals surface area (Å²) in [7, 11) is 0. The first-order chi connectivity index (χ1) is 4.36. The molecule has 3 rings (SSSR count). The molecule has 0 bridgehead atoms.